The van der Waals surface area contributed by atoms with E-state index in [1.807, 2.05) is 6.07 Å². The molecule has 0 saturated carbocycles. The van der Waals surface area contributed by atoms with Crippen LogP contribution in [0.3, 0.4) is 0 Å². The minimum atomic E-state index is -0.518. The van der Waals surface area contributed by atoms with E-state index in [2.05, 4.69) is 10.6 Å². The van der Waals surface area contributed by atoms with Crippen LogP contribution in [0.4, 0.5) is 0 Å². The maximum atomic E-state index is 12.2. The van der Waals surface area contributed by atoms with Crippen molar-refractivity contribution in [2.45, 2.75) is 56.8 Å². The molecule has 0 radical (unpaired) electrons. The molecule has 5 heteroatoms. The Hall–Kier alpha value is -1.26. The molecule has 1 aromatic rings. The van der Waals surface area contributed by atoms with Gasteiger partial charge in [-0.15, -0.1) is 0 Å². The van der Waals surface area contributed by atoms with Crippen molar-refractivity contribution in [3.8, 4) is 5.75 Å². The molecule has 2 fully saturated rings. The number of piperidine rings is 1. The second-order valence-electron chi connectivity index (χ2n) is 6.03. The minimum Gasteiger partial charge on any atom is -0.481 e. The van der Waals surface area contributed by atoms with Gasteiger partial charge in [-0.1, -0.05) is 17.7 Å². The summed E-state index contributed by atoms with van der Waals surface area (Å²) < 4.78 is 5.66. The highest BCUT2D eigenvalue weighted by molar-refractivity contribution is 6.30. The van der Waals surface area contributed by atoms with Gasteiger partial charge in [0.1, 0.15) is 5.75 Å². The SMILES string of the molecule is CC(Oc1cccc(Cl)c1)C(=O)NC1CC2CCC(C1)N2. The second kappa shape index (κ2) is 6.24. The van der Waals surface area contributed by atoms with Gasteiger partial charge in [0.15, 0.2) is 6.10 Å². The number of ether oxygens (including phenoxy) is 1. The quantitative estimate of drug-likeness (QED) is 0.898. The van der Waals surface area contributed by atoms with E-state index in [0.29, 0.717) is 22.9 Å². The van der Waals surface area contributed by atoms with Crippen LogP contribution in [0.25, 0.3) is 0 Å². The largest absolute Gasteiger partial charge is 0.481 e. The van der Waals surface area contributed by atoms with Crippen molar-refractivity contribution in [1.29, 1.82) is 0 Å². The third-order valence-corrected chi connectivity index (χ3v) is 4.53. The summed E-state index contributed by atoms with van der Waals surface area (Å²) in [7, 11) is 0. The Morgan fingerprint density at radius 1 is 1.38 bits per heavy atom. The van der Waals surface area contributed by atoms with Crippen molar-refractivity contribution in [1.82, 2.24) is 10.6 Å². The van der Waals surface area contributed by atoms with Crippen LogP contribution in [-0.2, 0) is 4.79 Å². The fourth-order valence-electron chi connectivity index (χ4n) is 3.29. The number of amides is 1. The summed E-state index contributed by atoms with van der Waals surface area (Å²) in [6, 6.07) is 8.52. The Labute approximate surface area is 130 Å². The maximum absolute atomic E-state index is 12.2. The molecular formula is C16H21ClN2O2. The monoisotopic (exact) mass is 308 g/mol. The zero-order valence-electron chi connectivity index (χ0n) is 12.1. The van der Waals surface area contributed by atoms with Gasteiger partial charge in [-0.25, -0.2) is 0 Å². The zero-order chi connectivity index (χ0) is 14.8. The Morgan fingerprint density at radius 2 is 2.10 bits per heavy atom. The molecule has 0 aliphatic carbocycles. The molecule has 2 N–H and O–H groups in total. The number of halogens is 1. The summed E-state index contributed by atoms with van der Waals surface area (Å²) in [6.45, 7) is 1.77. The van der Waals surface area contributed by atoms with Crippen LogP contribution >= 0.6 is 11.6 Å². The lowest BCUT2D eigenvalue weighted by molar-refractivity contribution is -0.128. The van der Waals surface area contributed by atoms with Gasteiger partial charge in [-0.3, -0.25) is 4.79 Å². The summed E-state index contributed by atoms with van der Waals surface area (Å²) >= 11 is 5.92. The third-order valence-electron chi connectivity index (χ3n) is 4.30. The van der Waals surface area contributed by atoms with E-state index in [-0.39, 0.29) is 11.9 Å². The Morgan fingerprint density at radius 3 is 2.76 bits per heavy atom. The van der Waals surface area contributed by atoms with E-state index in [1.165, 1.54) is 12.8 Å². The standard InChI is InChI=1S/C16H21ClN2O2/c1-10(21-15-4-2-3-11(17)7-15)16(20)19-14-8-12-5-6-13(9-14)18-12/h2-4,7,10,12-14,18H,5-6,8-9H2,1H3,(H,19,20). The van der Waals surface area contributed by atoms with Gasteiger partial charge in [0.25, 0.3) is 5.91 Å². The third kappa shape index (κ3) is 3.69. The van der Waals surface area contributed by atoms with Crippen LogP contribution in [0.5, 0.6) is 5.75 Å². The number of nitrogens with one attached hydrogen (secondary N) is 2. The Balaban J connectivity index is 1.53. The van der Waals surface area contributed by atoms with Crippen molar-refractivity contribution in [2.75, 3.05) is 0 Å². The van der Waals surface area contributed by atoms with E-state index in [1.54, 1.807) is 25.1 Å². The van der Waals surface area contributed by atoms with Crippen LogP contribution in [0.1, 0.15) is 32.6 Å². The van der Waals surface area contributed by atoms with E-state index < -0.39 is 6.10 Å². The van der Waals surface area contributed by atoms with Crippen LogP contribution in [-0.4, -0.2) is 30.1 Å². The van der Waals surface area contributed by atoms with Crippen molar-refractivity contribution in [2.24, 2.45) is 0 Å². The highest BCUT2D eigenvalue weighted by Gasteiger charge is 2.34. The Kier molecular flexibility index (Phi) is 4.36. The van der Waals surface area contributed by atoms with Gasteiger partial charge in [0.05, 0.1) is 0 Å². The molecule has 0 spiro atoms. The fourth-order valence-corrected chi connectivity index (χ4v) is 3.47. The molecule has 4 nitrogen and oxygen atoms in total. The van der Waals surface area contributed by atoms with Gasteiger partial charge in [-0.2, -0.15) is 0 Å². The molecule has 1 aromatic carbocycles. The molecule has 2 saturated heterocycles. The summed E-state index contributed by atoms with van der Waals surface area (Å²) in [4.78, 5) is 12.2. The molecule has 2 aliphatic rings. The first-order valence-electron chi connectivity index (χ1n) is 7.59. The summed E-state index contributed by atoms with van der Waals surface area (Å²) in [5.41, 5.74) is 0. The summed E-state index contributed by atoms with van der Waals surface area (Å²) in [5, 5.41) is 7.30. The molecule has 2 heterocycles. The van der Waals surface area contributed by atoms with Crippen molar-refractivity contribution < 1.29 is 9.53 Å². The summed E-state index contributed by atoms with van der Waals surface area (Å²) in [6.07, 6.45) is 3.98. The van der Waals surface area contributed by atoms with Gasteiger partial charge >= 0.3 is 0 Å². The van der Waals surface area contributed by atoms with E-state index in [9.17, 15) is 4.79 Å². The van der Waals surface area contributed by atoms with Gasteiger partial charge in [-0.05, 0) is 50.8 Å². The van der Waals surface area contributed by atoms with E-state index in [4.69, 9.17) is 16.3 Å². The van der Waals surface area contributed by atoms with Crippen LogP contribution < -0.4 is 15.4 Å². The lowest BCUT2D eigenvalue weighted by atomic mass is 9.99. The Bertz CT molecular complexity index is 511. The lowest BCUT2D eigenvalue weighted by Gasteiger charge is -2.30. The average Bonchev–Trinajstić information content (AvgIpc) is 2.78. The molecule has 3 unspecified atom stereocenters. The number of hydrogen-bond donors (Lipinski definition) is 2. The van der Waals surface area contributed by atoms with E-state index in [0.717, 1.165) is 12.8 Å². The number of fused-ring (bicyclic) bond motifs is 2. The molecule has 114 valence electrons. The number of benzene rings is 1. The highest BCUT2D eigenvalue weighted by Crippen LogP contribution is 2.27. The summed E-state index contributed by atoms with van der Waals surface area (Å²) in [5.74, 6) is 0.566. The molecule has 0 aromatic heterocycles. The topological polar surface area (TPSA) is 50.4 Å². The molecular weight excluding hydrogens is 288 g/mol. The highest BCUT2D eigenvalue weighted by atomic mass is 35.5. The molecule has 3 atom stereocenters. The molecule has 21 heavy (non-hydrogen) atoms. The number of hydrogen-bond acceptors (Lipinski definition) is 3. The maximum Gasteiger partial charge on any atom is 0.260 e. The normalized spacial score (nSPS) is 29.0. The lowest BCUT2D eigenvalue weighted by Crippen LogP contribution is -2.50. The van der Waals surface area contributed by atoms with Crippen molar-refractivity contribution in [3.63, 3.8) is 0 Å². The molecule has 3 rings (SSSR count). The first kappa shape index (κ1) is 14.7. The van der Waals surface area contributed by atoms with Crippen LogP contribution in [0.2, 0.25) is 5.02 Å². The number of carbonyl (C=O) groups excluding carboxylic acids is 1. The zero-order valence-corrected chi connectivity index (χ0v) is 12.9. The van der Waals surface area contributed by atoms with Crippen molar-refractivity contribution in [3.05, 3.63) is 29.3 Å². The number of rotatable bonds is 4. The van der Waals surface area contributed by atoms with Gasteiger partial charge in [0, 0.05) is 23.1 Å². The van der Waals surface area contributed by atoms with Gasteiger partial charge < -0.3 is 15.4 Å². The van der Waals surface area contributed by atoms with Gasteiger partial charge in [0.2, 0.25) is 0 Å². The first-order valence-corrected chi connectivity index (χ1v) is 7.96. The van der Waals surface area contributed by atoms with Crippen molar-refractivity contribution >= 4 is 17.5 Å². The molecule has 2 bridgehead atoms. The molecule has 1 amide bonds. The smallest absolute Gasteiger partial charge is 0.260 e. The second-order valence-corrected chi connectivity index (χ2v) is 6.47. The minimum absolute atomic E-state index is 0.0544. The first-order chi connectivity index (χ1) is 10.1. The predicted molar refractivity (Wildman–Crippen MR) is 82.7 cm³/mol. The van der Waals surface area contributed by atoms with Crippen LogP contribution in [0, 0.1) is 0 Å². The fraction of sp³-hybridized carbons (Fsp3) is 0.562. The number of carbonyl (C=O) groups is 1. The van der Waals surface area contributed by atoms with E-state index >= 15 is 0 Å². The predicted octanol–water partition coefficient (Wildman–Crippen LogP) is 2.51. The van der Waals surface area contributed by atoms with Crippen LogP contribution in [0.15, 0.2) is 24.3 Å². The molecule has 2 aliphatic heterocycles. The average molecular weight is 309 g/mol.